The molecule has 0 aliphatic heterocycles. The Kier molecular flexibility index (Phi) is 5.96. The van der Waals surface area contributed by atoms with E-state index in [0.717, 1.165) is 44.6 Å². The van der Waals surface area contributed by atoms with E-state index in [1.165, 1.54) is 19.2 Å². The lowest BCUT2D eigenvalue weighted by atomic mass is 9.98. The minimum absolute atomic E-state index is 0.0352. The number of halogens is 1. The average Bonchev–Trinajstić information content (AvgIpc) is 2.81. The Balaban J connectivity index is 2.13. The number of carboxylic acids is 1. The summed E-state index contributed by atoms with van der Waals surface area (Å²) in [6, 6.07) is 2.64. The summed E-state index contributed by atoms with van der Waals surface area (Å²) in [4.78, 5) is 23.8. The maximum Gasteiger partial charge on any atom is 0.330 e. The summed E-state index contributed by atoms with van der Waals surface area (Å²) in [5.74, 6) is -2.26. The zero-order chi connectivity index (χ0) is 16.8. The van der Waals surface area contributed by atoms with E-state index in [4.69, 9.17) is 4.74 Å². The van der Waals surface area contributed by atoms with E-state index in [2.05, 4.69) is 5.32 Å². The molecule has 6 heteroatoms. The van der Waals surface area contributed by atoms with E-state index in [9.17, 15) is 19.1 Å². The standard InChI is InChI=1S/C17H22FNO4/c1-23-14-9-8-12(10-13(14)18)15(17(21)22)19-16(20)11-6-4-2-3-5-7-11/h8-11,15H,2-7H2,1H3,(H,19,20)(H,21,22). The molecule has 126 valence electrons. The molecule has 1 amide bonds. The Morgan fingerprint density at radius 1 is 1.26 bits per heavy atom. The van der Waals surface area contributed by atoms with Crippen LogP contribution in [-0.2, 0) is 9.59 Å². The molecule has 5 nitrogen and oxygen atoms in total. The first-order chi connectivity index (χ1) is 11.0. The molecule has 1 aromatic rings. The third-order valence-corrected chi connectivity index (χ3v) is 4.27. The number of carbonyl (C=O) groups excluding carboxylic acids is 1. The van der Waals surface area contributed by atoms with Crippen LogP contribution in [0, 0.1) is 11.7 Å². The lowest BCUT2D eigenvalue weighted by Crippen LogP contribution is -2.37. The molecule has 0 heterocycles. The van der Waals surface area contributed by atoms with Crippen LogP contribution in [0.3, 0.4) is 0 Å². The molecule has 0 saturated heterocycles. The van der Waals surface area contributed by atoms with Gasteiger partial charge in [-0.25, -0.2) is 9.18 Å². The van der Waals surface area contributed by atoms with Crippen LogP contribution in [0.5, 0.6) is 5.75 Å². The Hall–Kier alpha value is -2.11. The van der Waals surface area contributed by atoms with Crippen molar-refractivity contribution in [3.8, 4) is 5.75 Å². The Morgan fingerprint density at radius 3 is 2.43 bits per heavy atom. The molecule has 1 saturated carbocycles. The Bertz CT molecular complexity index is 568. The first-order valence-electron chi connectivity index (χ1n) is 7.89. The van der Waals surface area contributed by atoms with Gasteiger partial charge in [0, 0.05) is 5.92 Å². The van der Waals surface area contributed by atoms with Crippen LogP contribution in [-0.4, -0.2) is 24.1 Å². The fourth-order valence-electron chi connectivity index (χ4n) is 2.95. The number of aliphatic carboxylic acids is 1. The number of ether oxygens (including phenoxy) is 1. The van der Waals surface area contributed by atoms with Gasteiger partial charge in [0.2, 0.25) is 5.91 Å². The van der Waals surface area contributed by atoms with Gasteiger partial charge >= 0.3 is 5.97 Å². The smallest absolute Gasteiger partial charge is 0.330 e. The molecule has 1 aliphatic carbocycles. The SMILES string of the molecule is COc1ccc(C(NC(=O)C2CCCCCC2)C(=O)O)cc1F. The maximum atomic E-state index is 13.8. The van der Waals surface area contributed by atoms with E-state index in [-0.39, 0.29) is 23.1 Å². The highest BCUT2D eigenvalue weighted by Crippen LogP contribution is 2.26. The summed E-state index contributed by atoms with van der Waals surface area (Å²) in [7, 11) is 1.33. The van der Waals surface area contributed by atoms with Gasteiger partial charge in [-0.15, -0.1) is 0 Å². The van der Waals surface area contributed by atoms with Gasteiger partial charge in [-0.1, -0.05) is 31.7 Å². The number of hydrogen-bond acceptors (Lipinski definition) is 3. The minimum Gasteiger partial charge on any atom is -0.494 e. The third-order valence-electron chi connectivity index (χ3n) is 4.27. The second kappa shape index (κ2) is 7.94. The quantitative estimate of drug-likeness (QED) is 0.817. The van der Waals surface area contributed by atoms with Crippen molar-refractivity contribution in [3.05, 3.63) is 29.6 Å². The molecule has 1 fully saturated rings. The third kappa shape index (κ3) is 4.43. The highest BCUT2D eigenvalue weighted by atomic mass is 19.1. The van der Waals surface area contributed by atoms with Crippen molar-refractivity contribution in [3.63, 3.8) is 0 Å². The highest BCUT2D eigenvalue weighted by Gasteiger charge is 2.27. The summed E-state index contributed by atoms with van der Waals surface area (Å²) in [5, 5.41) is 11.9. The van der Waals surface area contributed by atoms with Crippen molar-refractivity contribution in [1.29, 1.82) is 0 Å². The summed E-state index contributed by atoms with van der Waals surface area (Å²) in [6.45, 7) is 0. The van der Waals surface area contributed by atoms with Crippen molar-refractivity contribution < 1.29 is 23.8 Å². The van der Waals surface area contributed by atoms with Crippen LogP contribution in [0.25, 0.3) is 0 Å². The van der Waals surface area contributed by atoms with Crippen molar-refractivity contribution in [1.82, 2.24) is 5.32 Å². The number of carbonyl (C=O) groups is 2. The molecule has 2 N–H and O–H groups in total. The molecule has 0 spiro atoms. The van der Waals surface area contributed by atoms with Gasteiger partial charge in [0.1, 0.15) is 0 Å². The van der Waals surface area contributed by atoms with Gasteiger partial charge < -0.3 is 15.2 Å². The van der Waals surface area contributed by atoms with Gasteiger partial charge in [0.25, 0.3) is 0 Å². The number of hydrogen-bond donors (Lipinski definition) is 2. The number of amides is 1. The first kappa shape index (κ1) is 17.2. The van der Waals surface area contributed by atoms with E-state index >= 15 is 0 Å². The number of nitrogens with one attached hydrogen (secondary N) is 1. The van der Waals surface area contributed by atoms with Crippen molar-refractivity contribution >= 4 is 11.9 Å². The van der Waals surface area contributed by atoms with E-state index < -0.39 is 17.8 Å². The van der Waals surface area contributed by atoms with Crippen LogP contribution >= 0.6 is 0 Å². The molecule has 0 aromatic heterocycles. The molecule has 1 atom stereocenters. The molecule has 1 unspecified atom stereocenters. The number of rotatable bonds is 5. The maximum absolute atomic E-state index is 13.8. The number of benzene rings is 1. The van der Waals surface area contributed by atoms with Crippen molar-refractivity contribution in [2.45, 2.75) is 44.6 Å². The van der Waals surface area contributed by atoms with E-state index in [1.807, 2.05) is 0 Å². The molecular formula is C17H22FNO4. The van der Waals surface area contributed by atoms with Crippen LogP contribution in [0.4, 0.5) is 4.39 Å². The predicted octanol–water partition coefficient (Wildman–Crippen LogP) is 3.05. The second-order valence-electron chi connectivity index (χ2n) is 5.86. The molecule has 0 bridgehead atoms. The lowest BCUT2D eigenvalue weighted by Gasteiger charge is -2.20. The van der Waals surface area contributed by atoms with E-state index in [0.29, 0.717) is 0 Å². The Labute approximate surface area is 134 Å². The summed E-state index contributed by atoms with van der Waals surface area (Å²) >= 11 is 0. The minimum atomic E-state index is -1.26. The predicted molar refractivity (Wildman–Crippen MR) is 82.7 cm³/mol. The van der Waals surface area contributed by atoms with Crippen LogP contribution in [0.15, 0.2) is 18.2 Å². The monoisotopic (exact) mass is 323 g/mol. The van der Waals surface area contributed by atoms with Crippen LogP contribution in [0.1, 0.15) is 50.1 Å². The van der Waals surface area contributed by atoms with Crippen molar-refractivity contribution in [2.75, 3.05) is 7.11 Å². The van der Waals surface area contributed by atoms with Gasteiger partial charge in [-0.2, -0.15) is 0 Å². The fourth-order valence-corrected chi connectivity index (χ4v) is 2.95. The first-order valence-corrected chi connectivity index (χ1v) is 7.89. The molecule has 2 rings (SSSR count). The molecule has 23 heavy (non-hydrogen) atoms. The van der Waals surface area contributed by atoms with Gasteiger partial charge in [0.05, 0.1) is 7.11 Å². The average molecular weight is 323 g/mol. The van der Waals surface area contributed by atoms with E-state index in [1.54, 1.807) is 0 Å². The summed E-state index contributed by atoms with van der Waals surface area (Å²) in [6.07, 6.45) is 5.72. The zero-order valence-corrected chi connectivity index (χ0v) is 13.2. The number of methoxy groups -OCH3 is 1. The topological polar surface area (TPSA) is 75.6 Å². The van der Waals surface area contributed by atoms with Gasteiger partial charge in [-0.3, -0.25) is 4.79 Å². The largest absolute Gasteiger partial charge is 0.494 e. The highest BCUT2D eigenvalue weighted by molar-refractivity contribution is 5.85. The number of carboxylic acid groups (broad SMARTS) is 1. The Morgan fingerprint density at radius 2 is 1.91 bits per heavy atom. The lowest BCUT2D eigenvalue weighted by molar-refractivity contribution is -0.142. The van der Waals surface area contributed by atoms with Crippen LogP contribution in [0.2, 0.25) is 0 Å². The zero-order valence-electron chi connectivity index (χ0n) is 13.2. The molecule has 0 radical (unpaired) electrons. The van der Waals surface area contributed by atoms with Gasteiger partial charge in [0.15, 0.2) is 17.6 Å². The van der Waals surface area contributed by atoms with Crippen LogP contribution < -0.4 is 10.1 Å². The van der Waals surface area contributed by atoms with Gasteiger partial charge in [-0.05, 0) is 30.5 Å². The summed E-state index contributed by atoms with van der Waals surface area (Å²) < 4.78 is 18.6. The van der Waals surface area contributed by atoms with Crippen molar-refractivity contribution in [2.24, 2.45) is 5.92 Å². The molecule has 1 aliphatic rings. The molecule has 1 aromatic carbocycles. The fraction of sp³-hybridized carbons (Fsp3) is 0.529. The normalized spacial score (nSPS) is 17.1. The summed E-state index contributed by atoms with van der Waals surface area (Å²) in [5.41, 5.74) is 0.192. The molecular weight excluding hydrogens is 301 g/mol. The second-order valence-corrected chi connectivity index (χ2v) is 5.86.